The Balaban J connectivity index is 3.68. The summed E-state index contributed by atoms with van der Waals surface area (Å²) in [7, 11) is 0. The van der Waals surface area contributed by atoms with E-state index in [9.17, 15) is 4.89 Å². The molecule has 0 spiro atoms. The van der Waals surface area contributed by atoms with Crippen molar-refractivity contribution in [2.45, 2.75) is 52.4 Å². The van der Waals surface area contributed by atoms with Crippen LogP contribution in [0.2, 0.25) is 0 Å². The molecule has 104 valence electrons. The van der Waals surface area contributed by atoms with Crippen molar-refractivity contribution in [3.8, 4) is 0 Å². The fraction of sp³-hybridized carbons (Fsp3) is 0.571. The number of benzene rings is 1. The first-order chi connectivity index (χ1) is 7.85. The summed E-state index contributed by atoms with van der Waals surface area (Å²) in [6, 6.07) is 6.03. The molecule has 0 aromatic heterocycles. The zero-order valence-electron chi connectivity index (χ0n) is 11.9. The van der Waals surface area contributed by atoms with Gasteiger partial charge in [-0.15, -0.1) is 0 Å². The van der Waals surface area contributed by atoms with E-state index < -0.39 is 6.19 Å². The summed E-state index contributed by atoms with van der Waals surface area (Å²) in [4.78, 5) is 10.2. The van der Waals surface area contributed by atoms with E-state index in [1.807, 2.05) is 18.2 Å². The SMILES string of the molecule is CC(C)(C)c1cccc(C(C)(C)C)c1[PH](O)(Cl)Cl. The van der Waals surface area contributed by atoms with Gasteiger partial charge in [0.25, 0.3) is 0 Å². The van der Waals surface area contributed by atoms with Gasteiger partial charge in [-0.05, 0) is 0 Å². The first-order valence-corrected chi connectivity index (χ1v) is 10.1. The van der Waals surface area contributed by atoms with E-state index in [1.54, 1.807) is 0 Å². The molecule has 0 fully saturated rings. The molecule has 1 aromatic rings. The van der Waals surface area contributed by atoms with Crippen molar-refractivity contribution < 1.29 is 4.89 Å². The molecule has 0 aliphatic carbocycles. The molecule has 1 nitrogen and oxygen atoms in total. The summed E-state index contributed by atoms with van der Waals surface area (Å²) in [6.45, 7) is 12.6. The van der Waals surface area contributed by atoms with E-state index in [0.29, 0.717) is 0 Å². The van der Waals surface area contributed by atoms with Crippen LogP contribution < -0.4 is 5.30 Å². The Bertz CT molecular complexity index is 404. The fourth-order valence-electron chi connectivity index (χ4n) is 2.13. The van der Waals surface area contributed by atoms with Gasteiger partial charge < -0.3 is 0 Å². The van der Waals surface area contributed by atoms with Crippen molar-refractivity contribution in [1.82, 2.24) is 0 Å². The molecule has 0 bridgehead atoms. The molecule has 1 N–H and O–H groups in total. The van der Waals surface area contributed by atoms with Crippen molar-refractivity contribution in [3.05, 3.63) is 29.3 Å². The molecule has 0 aliphatic rings. The first kappa shape index (κ1) is 16.2. The number of rotatable bonds is 1. The van der Waals surface area contributed by atoms with Crippen LogP contribution in [-0.2, 0) is 10.8 Å². The Hall–Kier alpha value is 0.190. The normalized spacial score (nSPS) is 14.7. The van der Waals surface area contributed by atoms with E-state index in [4.69, 9.17) is 22.5 Å². The van der Waals surface area contributed by atoms with Crippen LogP contribution in [0.3, 0.4) is 0 Å². The van der Waals surface area contributed by atoms with Gasteiger partial charge in [0, 0.05) is 0 Å². The molecule has 0 atom stereocenters. The van der Waals surface area contributed by atoms with Crippen LogP contribution in [0.25, 0.3) is 0 Å². The Kier molecular flexibility index (Phi) is 4.46. The van der Waals surface area contributed by atoms with Crippen LogP contribution in [0.1, 0.15) is 52.7 Å². The quantitative estimate of drug-likeness (QED) is 0.734. The second kappa shape index (κ2) is 4.94. The van der Waals surface area contributed by atoms with Gasteiger partial charge >= 0.3 is 121 Å². The van der Waals surface area contributed by atoms with Crippen molar-refractivity contribution >= 4 is 34.0 Å². The topological polar surface area (TPSA) is 20.2 Å². The fourth-order valence-corrected chi connectivity index (χ4v) is 4.91. The van der Waals surface area contributed by atoms with Gasteiger partial charge in [-0.3, -0.25) is 0 Å². The zero-order chi connectivity index (χ0) is 14.4. The standard InChI is InChI=1S/C14H23Cl2OP/c1-13(2,3)10-8-7-9-11(14(4,5)6)12(10)18(15,16)17/h7-9,17-18H,1-6H3. The molecule has 4 heteroatoms. The van der Waals surface area contributed by atoms with E-state index in [0.717, 1.165) is 16.4 Å². The second-order valence-electron chi connectivity index (χ2n) is 6.77. The zero-order valence-corrected chi connectivity index (χ0v) is 14.4. The molecule has 0 aliphatic heterocycles. The minimum absolute atomic E-state index is 0.0959. The van der Waals surface area contributed by atoms with Crippen molar-refractivity contribution in [1.29, 1.82) is 0 Å². The third-order valence-corrected chi connectivity index (χ3v) is 5.26. The molecule has 1 rings (SSSR count). The average molecular weight is 309 g/mol. The van der Waals surface area contributed by atoms with Gasteiger partial charge in [-0.2, -0.15) is 0 Å². The Morgan fingerprint density at radius 3 is 1.44 bits per heavy atom. The van der Waals surface area contributed by atoms with E-state index in [2.05, 4.69) is 41.5 Å². The third-order valence-electron chi connectivity index (χ3n) is 2.98. The summed E-state index contributed by atoms with van der Waals surface area (Å²) in [5, 5.41) is 0.758. The molecular weight excluding hydrogens is 286 g/mol. The summed E-state index contributed by atoms with van der Waals surface area (Å²) < 4.78 is 0. The predicted molar refractivity (Wildman–Crippen MR) is 85.7 cm³/mol. The van der Waals surface area contributed by atoms with Crippen molar-refractivity contribution in [2.75, 3.05) is 0 Å². The van der Waals surface area contributed by atoms with E-state index in [1.165, 1.54) is 0 Å². The van der Waals surface area contributed by atoms with Crippen LogP contribution in [0.15, 0.2) is 18.2 Å². The Morgan fingerprint density at radius 1 is 0.889 bits per heavy atom. The van der Waals surface area contributed by atoms with Gasteiger partial charge in [0.05, 0.1) is 0 Å². The van der Waals surface area contributed by atoms with Gasteiger partial charge in [-0.1, -0.05) is 0 Å². The van der Waals surface area contributed by atoms with Gasteiger partial charge in [0.15, 0.2) is 0 Å². The molecule has 0 unspecified atom stereocenters. The van der Waals surface area contributed by atoms with Crippen molar-refractivity contribution in [3.63, 3.8) is 0 Å². The van der Waals surface area contributed by atoms with Crippen LogP contribution >= 0.6 is 28.7 Å². The summed E-state index contributed by atoms with van der Waals surface area (Å²) in [5.74, 6) is 0. The van der Waals surface area contributed by atoms with Crippen LogP contribution in [0.5, 0.6) is 0 Å². The molecule has 18 heavy (non-hydrogen) atoms. The van der Waals surface area contributed by atoms with Gasteiger partial charge in [-0.25, -0.2) is 0 Å². The predicted octanol–water partition coefficient (Wildman–Crippen LogP) is 4.87. The van der Waals surface area contributed by atoms with Crippen LogP contribution in [0.4, 0.5) is 0 Å². The van der Waals surface area contributed by atoms with Gasteiger partial charge in [0.1, 0.15) is 0 Å². The molecule has 0 saturated carbocycles. The number of halogens is 2. The molecule has 0 amide bonds. The maximum absolute atomic E-state index is 10.2. The number of hydrogen-bond donors (Lipinski definition) is 1. The number of hydrogen-bond acceptors (Lipinski definition) is 1. The summed E-state index contributed by atoms with van der Waals surface area (Å²) >= 11 is 12.3. The molecule has 0 saturated heterocycles. The minimum atomic E-state index is -3.40. The Labute approximate surface area is 121 Å². The maximum atomic E-state index is 10.2. The Morgan fingerprint density at radius 2 is 1.22 bits per heavy atom. The molecular formula is C14H23Cl2OP. The molecule has 0 radical (unpaired) electrons. The van der Waals surface area contributed by atoms with Crippen LogP contribution in [0, 0.1) is 0 Å². The first-order valence-electron chi connectivity index (χ1n) is 6.10. The monoisotopic (exact) mass is 308 g/mol. The summed E-state index contributed by atoms with van der Waals surface area (Å²) in [5.41, 5.74) is 1.88. The third kappa shape index (κ3) is 3.61. The van der Waals surface area contributed by atoms with E-state index in [-0.39, 0.29) is 10.8 Å². The van der Waals surface area contributed by atoms with E-state index >= 15 is 0 Å². The second-order valence-corrected chi connectivity index (χ2v) is 12.2. The molecule has 1 aromatic carbocycles. The average Bonchev–Trinajstić information content (AvgIpc) is 2.12. The molecule has 0 heterocycles. The van der Waals surface area contributed by atoms with Crippen LogP contribution in [-0.4, -0.2) is 4.89 Å². The van der Waals surface area contributed by atoms with Gasteiger partial charge in [0.2, 0.25) is 0 Å². The van der Waals surface area contributed by atoms with Crippen molar-refractivity contribution in [2.24, 2.45) is 0 Å². The summed E-state index contributed by atoms with van der Waals surface area (Å²) in [6.07, 6.45) is -3.40.